The molecule has 1 aliphatic heterocycles. The molecular formula is C16H24N2O3S. The van der Waals surface area contributed by atoms with Crippen LogP contribution >= 0.6 is 0 Å². The number of hydrogen-bond acceptors (Lipinski definition) is 3. The van der Waals surface area contributed by atoms with Gasteiger partial charge in [0, 0.05) is 17.6 Å². The van der Waals surface area contributed by atoms with Crippen molar-refractivity contribution in [3.8, 4) is 0 Å². The molecule has 0 spiro atoms. The highest BCUT2D eigenvalue weighted by Crippen LogP contribution is 2.34. The lowest BCUT2D eigenvalue weighted by Gasteiger charge is -2.22. The highest BCUT2D eigenvalue weighted by Gasteiger charge is 2.32. The minimum atomic E-state index is -3.29. The minimum Gasteiger partial charge on any atom is -0.350 e. The number of amides is 1. The molecule has 122 valence electrons. The van der Waals surface area contributed by atoms with Gasteiger partial charge in [-0.2, -0.15) is 0 Å². The van der Waals surface area contributed by atoms with Gasteiger partial charge in [-0.15, -0.1) is 0 Å². The molecule has 6 heteroatoms. The molecule has 0 radical (unpaired) electrons. The summed E-state index contributed by atoms with van der Waals surface area (Å²) in [6.07, 6.45) is 3.81. The number of rotatable bonds is 5. The first-order chi connectivity index (χ1) is 10.2. The third kappa shape index (κ3) is 3.43. The van der Waals surface area contributed by atoms with E-state index in [2.05, 4.69) is 12.2 Å². The average Bonchev–Trinajstić information content (AvgIpc) is 2.73. The van der Waals surface area contributed by atoms with Crippen LogP contribution < -0.4 is 9.62 Å². The number of fused-ring (bicyclic) bond motifs is 1. The lowest BCUT2D eigenvalue weighted by atomic mass is 10.1. The minimum absolute atomic E-state index is 0.103. The van der Waals surface area contributed by atoms with E-state index in [4.69, 9.17) is 0 Å². The van der Waals surface area contributed by atoms with Crippen molar-refractivity contribution in [2.75, 3.05) is 10.6 Å². The SMILES string of the molecule is CCC[C@@H](C)NC(=O)c1ccc2c(c1)C[C@@H](C)N2S(C)(=O)=O. The van der Waals surface area contributed by atoms with E-state index in [1.165, 1.54) is 10.6 Å². The number of carbonyl (C=O) groups is 1. The molecule has 0 unspecified atom stereocenters. The summed E-state index contributed by atoms with van der Waals surface area (Å²) in [5.41, 5.74) is 2.19. The molecule has 1 N–H and O–H groups in total. The summed E-state index contributed by atoms with van der Waals surface area (Å²) in [5.74, 6) is -0.103. The normalized spacial score (nSPS) is 18.9. The van der Waals surface area contributed by atoms with Crippen molar-refractivity contribution in [2.24, 2.45) is 0 Å². The Balaban J connectivity index is 2.24. The Morgan fingerprint density at radius 3 is 2.73 bits per heavy atom. The van der Waals surface area contributed by atoms with Crippen LogP contribution in [0.15, 0.2) is 18.2 Å². The number of nitrogens with zero attached hydrogens (tertiary/aromatic N) is 1. The van der Waals surface area contributed by atoms with Gasteiger partial charge in [0.25, 0.3) is 5.91 Å². The number of carbonyl (C=O) groups excluding carboxylic acids is 1. The van der Waals surface area contributed by atoms with Crippen molar-refractivity contribution in [3.63, 3.8) is 0 Å². The predicted octanol–water partition coefficient (Wildman–Crippen LogP) is 2.32. The van der Waals surface area contributed by atoms with Crippen molar-refractivity contribution in [1.29, 1.82) is 0 Å². The largest absolute Gasteiger partial charge is 0.350 e. The first kappa shape index (κ1) is 16.8. The molecule has 0 aliphatic carbocycles. The monoisotopic (exact) mass is 324 g/mol. The Hall–Kier alpha value is -1.56. The molecule has 2 rings (SSSR count). The Morgan fingerprint density at radius 2 is 2.14 bits per heavy atom. The second-order valence-electron chi connectivity index (χ2n) is 6.12. The number of nitrogens with one attached hydrogen (secondary N) is 1. The zero-order chi connectivity index (χ0) is 16.5. The van der Waals surface area contributed by atoms with Crippen LogP contribution in [0.25, 0.3) is 0 Å². The molecule has 0 aromatic heterocycles. The maximum absolute atomic E-state index is 12.2. The van der Waals surface area contributed by atoms with Crippen LogP contribution in [0.4, 0.5) is 5.69 Å². The molecular weight excluding hydrogens is 300 g/mol. The van der Waals surface area contributed by atoms with Gasteiger partial charge in [-0.1, -0.05) is 13.3 Å². The van der Waals surface area contributed by atoms with Crippen molar-refractivity contribution in [1.82, 2.24) is 5.32 Å². The zero-order valence-electron chi connectivity index (χ0n) is 13.6. The van der Waals surface area contributed by atoms with Crippen LogP contribution in [0.1, 0.15) is 49.5 Å². The second kappa shape index (κ2) is 6.28. The maximum Gasteiger partial charge on any atom is 0.251 e. The van der Waals surface area contributed by atoms with Crippen LogP contribution in [-0.2, 0) is 16.4 Å². The first-order valence-corrected chi connectivity index (χ1v) is 9.52. The van der Waals surface area contributed by atoms with Crippen LogP contribution in [0.3, 0.4) is 0 Å². The van der Waals surface area contributed by atoms with Crippen LogP contribution in [-0.4, -0.2) is 32.7 Å². The van der Waals surface area contributed by atoms with E-state index in [9.17, 15) is 13.2 Å². The summed E-state index contributed by atoms with van der Waals surface area (Å²) in [6.45, 7) is 5.95. The van der Waals surface area contributed by atoms with Crippen LogP contribution in [0, 0.1) is 0 Å². The van der Waals surface area contributed by atoms with E-state index >= 15 is 0 Å². The first-order valence-electron chi connectivity index (χ1n) is 7.67. The molecule has 0 saturated carbocycles. The number of anilines is 1. The molecule has 0 bridgehead atoms. The van der Waals surface area contributed by atoms with E-state index in [0.29, 0.717) is 17.7 Å². The van der Waals surface area contributed by atoms with Gasteiger partial charge in [-0.3, -0.25) is 9.10 Å². The Bertz CT molecular complexity index is 670. The number of hydrogen-bond donors (Lipinski definition) is 1. The summed E-state index contributed by atoms with van der Waals surface area (Å²) in [4.78, 5) is 12.2. The fraction of sp³-hybridized carbons (Fsp3) is 0.562. The lowest BCUT2D eigenvalue weighted by molar-refractivity contribution is 0.0938. The van der Waals surface area contributed by atoms with Crippen molar-refractivity contribution in [3.05, 3.63) is 29.3 Å². The third-order valence-corrected chi connectivity index (χ3v) is 5.22. The fourth-order valence-corrected chi connectivity index (χ4v) is 4.33. The maximum atomic E-state index is 12.2. The van der Waals surface area contributed by atoms with E-state index in [-0.39, 0.29) is 18.0 Å². The predicted molar refractivity (Wildman–Crippen MR) is 88.8 cm³/mol. The van der Waals surface area contributed by atoms with Gasteiger partial charge in [-0.25, -0.2) is 8.42 Å². The molecule has 1 heterocycles. The molecule has 22 heavy (non-hydrogen) atoms. The van der Waals surface area contributed by atoms with Gasteiger partial charge in [0.2, 0.25) is 10.0 Å². The Kier molecular flexibility index (Phi) is 4.80. The van der Waals surface area contributed by atoms with Gasteiger partial charge in [0.05, 0.1) is 11.9 Å². The Morgan fingerprint density at radius 1 is 1.45 bits per heavy atom. The number of sulfonamides is 1. The van der Waals surface area contributed by atoms with Crippen molar-refractivity contribution in [2.45, 2.75) is 52.1 Å². The van der Waals surface area contributed by atoms with Gasteiger partial charge in [0.15, 0.2) is 0 Å². The van der Waals surface area contributed by atoms with Gasteiger partial charge < -0.3 is 5.32 Å². The molecule has 1 amide bonds. The average molecular weight is 324 g/mol. The van der Waals surface area contributed by atoms with Crippen molar-refractivity contribution < 1.29 is 13.2 Å². The van der Waals surface area contributed by atoms with Crippen molar-refractivity contribution >= 4 is 21.6 Å². The molecule has 0 fully saturated rings. The van der Waals surface area contributed by atoms with E-state index in [1.54, 1.807) is 12.1 Å². The quantitative estimate of drug-likeness (QED) is 0.904. The molecule has 1 aromatic rings. The van der Waals surface area contributed by atoms with E-state index < -0.39 is 10.0 Å². The molecule has 2 atom stereocenters. The Labute approximate surface area is 132 Å². The summed E-state index contributed by atoms with van der Waals surface area (Å²) in [6, 6.07) is 5.27. The van der Waals surface area contributed by atoms with Gasteiger partial charge in [0.1, 0.15) is 0 Å². The molecule has 1 aliphatic rings. The fourth-order valence-electron chi connectivity index (χ4n) is 3.06. The van der Waals surface area contributed by atoms with Crippen LogP contribution in [0.5, 0.6) is 0 Å². The summed E-state index contributed by atoms with van der Waals surface area (Å²) in [7, 11) is -3.29. The molecule has 5 nitrogen and oxygen atoms in total. The lowest BCUT2D eigenvalue weighted by Crippen LogP contribution is -2.34. The third-order valence-electron chi connectivity index (χ3n) is 3.95. The van der Waals surface area contributed by atoms with Crippen LogP contribution in [0.2, 0.25) is 0 Å². The number of benzene rings is 1. The standard InChI is InChI=1S/C16H24N2O3S/c1-5-6-11(2)17-16(19)13-7-8-15-14(10-13)9-12(3)18(15)22(4,20)21/h7-8,10-12H,5-6,9H2,1-4H3,(H,17,19)/t11-,12-/m1/s1. The summed E-state index contributed by atoms with van der Waals surface area (Å²) >= 11 is 0. The highest BCUT2D eigenvalue weighted by molar-refractivity contribution is 7.92. The van der Waals surface area contributed by atoms with Gasteiger partial charge in [-0.05, 0) is 50.5 Å². The van der Waals surface area contributed by atoms with E-state index in [0.717, 1.165) is 18.4 Å². The second-order valence-corrected chi connectivity index (χ2v) is 7.98. The topological polar surface area (TPSA) is 66.5 Å². The zero-order valence-corrected chi connectivity index (χ0v) is 14.4. The summed E-state index contributed by atoms with van der Waals surface area (Å²) < 4.78 is 25.2. The smallest absolute Gasteiger partial charge is 0.251 e. The summed E-state index contributed by atoms with van der Waals surface area (Å²) in [5, 5.41) is 2.97. The molecule has 0 saturated heterocycles. The highest BCUT2D eigenvalue weighted by atomic mass is 32.2. The molecule has 1 aromatic carbocycles. The van der Waals surface area contributed by atoms with Gasteiger partial charge >= 0.3 is 0 Å². The van der Waals surface area contributed by atoms with E-state index in [1.807, 2.05) is 19.9 Å².